The van der Waals surface area contributed by atoms with E-state index in [-0.39, 0.29) is 56.2 Å². The van der Waals surface area contributed by atoms with Crippen molar-refractivity contribution in [3.05, 3.63) is 35.9 Å². The predicted molar refractivity (Wildman–Crippen MR) is 61.5 cm³/mol. The minimum absolute atomic E-state index is 0. The molecular weight excluding hydrogens is 238 g/mol. The first-order chi connectivity index (χ1) is 6.25. The summed E-state index contributed by atoms with van der Waals surface area (Å²) < 4.78 is 0. The van der Waals surface area contributed by atoms with Gasteiger partial charge in [0.15, 0.2) is 0 Å². The first-order valence-corrected chi connectivity index (χ1v) is 4.74. The van der Waals surface area contributed by atoms with Gasteiger partial charge in [0.05, 0.1) is 6.10 Å². The fourth-order valence-electron chi connectivity index (χ4n) is 1.39. The normalized spacial score (nSPS) is 13.3. The average Bonchev–Trinajstić information content (AvgIpc) is 2.18. The zero-order chi connectivity index (χ0) is 9.68. The van der Waals surface area contributed by atoms with Gasteiger partial charge in [0.1, 0.15) is 0 Å². The van der Waals surface area contributed by atoms with E-state index in [1.807, 2.05) is 30.3 Å². The van der Waals surface area contributed by atoms with Crippen LogP contribution in [0.15, 0.2) is 30.3 Å². The molecule has 1 aromatic carbocycles. The number of hydrogen-bond acceptors (Lipinski definition) is 2. The van der Waals surface area contributed by atoms with E-state index in [0.717, 1.165) is 18.4 Å². The zero-order valence-corrected chi connectivity index (χ0v) is 10.3. The molecule has 4 heteroatoms. The van der Waals surface area contributed by atoms with Crippen LogP contribution in [0.25, 0.3) is 0 Å². The maximum Gasteiger partial charge on any atom is 0.0940 e. The molecule has 1 rings (SSSR count). The summed E-state index contributed by atoms with van der Waals surface area (Å²) in [6, 6.07) is 9.42. The number of aliphatic hydroxyl groups is 1. The molecule has 0 bridgehead atoms. The Balaban J connectivity index is 0. The topological polar surface area (TPSA) is 46.2 Å². The van der Waals surface area contributed by atoms with E-state index in [9.17, 15) is 5.11 Å². The van der Waals surface area contributed by atoms with Crippen LogP contribution in [0.3, 0.4) is 0 Å². The first-order valence-electron chi connectivity index (χ1n) is 4.74. The first kappa shape index (κ1) is 18.1. The Labute approximate surface area is 128 Å². The van der Waals surface area contributed by atoms with Gasteiger partial charge in [-0.25, -0.2) is 0 Å². The summed E-state index contributed by atoms with van der Waals surface area (Å²) in [6.45, 7) is 2.07. The monoisotopic (exact) mass is 255 g/mol. The van der Waals surface area contributed by atoms with Gasteiger partial charge in [-0.2, -0.15) is 0 Å². The van der Waals surface area contributed by atoms with Crippen molar-refractivity contribution in [1.82, 2.24) is 0 Å². The molecule has 1 aromatic rings. The van der Waals surface area contributed by atoms with Gasteiger partial charge in [0, 0.05) is 43.8 Å². The third-order valence-electron chi connectivity index (χ3n) is 2.17. The van der Waals surface area contributed by atoms with E-state index in [4.69, 9.17) is 5.73 Å². The standard InChI is InChI=1S/C11H17NO.Ar.ClH/c1-2-6-10(12)11(13)9-7-4-3-5-8-9;;/h3-5,7-8,10-11,13H,2,6,12H2,1H3;;1H/t10-,11+;;/m0../s1. The largest absolute Gasteiger partial charge is 0.387 e. The summed E-state index contributed by atoms with van der Waals surface area (Å²) in [6.07, 6.45) is 1.34. The molecule has 0 fully saturated rings. The Morgan fingerprint density at radius 2 is 1.80 bits per heavy atom. The van der Waals surface area contributed by atoms with E-state index < -0.39 is 6.10 Å². The molecule has 0 unspecified atom stereocenters. The summed E-state index contributed by atoms with van der Waals surface area (Å²) in [7, 11) is 0. The van der Waals surface area contributed by atoms with Gasteiger partial charge in [0.2, 0.25) is 0 Å². The number of hydrogen-bond donors (Lipinski definition) is 2. The van der Waals surface area contributed by atoms with E-state index in [0.29, 0.717) is 0 Å². The molecule has 0 aliphatic heterocycles. The van der Waals surface area contributed by atoms with Crippen molar-refractivity contribution < 1.29 is 42.8 Å². The van der Waals surface area contributed by atoms with Crippen molar-refractivity contribution in [2.45, 2.75) is 31.9 Å². The maximum absolute atomic E-state index is 9.80. The number of benzene rings is 1. The van der Waals surface area contributed by atoms with Crippen LogP contribution in [-0.2, 0) is 0 Å². The van der Waals surface area contributed by atoms with Gasteiger partial charge in [-0.3, -0.25) is 0 Å². The minimum atomic E-state index is -0.527. The van der Waals surface area contributed by atoms with Crippen LogP contribution in [0.2, 0.25) is 0 Å². The second-order valence-corrected chi connectivity index (χ2v) is 3.31. The van der Waals surface area contributed by atoms with Crippen molar-refractivity contribution in [2.75, 3.05) is 0 Å². The molecule has 0 heterocycles. The Bertz CT molecular complexity index is 246. The molecule has 0 aliphatic carbocycles. The smallest absolute Gasteiger partial charge is 0.0940 e. The van der Waals surface area contributed by atoms with E-state index in [1.54, 1.807) is 0 Å². The van der Waals surface area contributed by atoms with Crippen LogP contribution in [0.1, 0.15) is 31.4 Å². The summed E-state index contributed by atoms with van der Waals surface area (Å²) in [5.41, 5.74) is 6.72. The molecule has 88 valence electrons. The van der Waals surface area contributed by atoms with Crippen LogP contribution in [0, 0.1) is 37.7 Å². The molecule has 2 nitrogen and oxygen atoms in total. The van der Waals surface area contributed by atoms with Crippen molar-refractivity contribution in [2.24, 2.45) is 5.73 Å². The molecule has 0 saturated carbocycles. The summed E-state index contributed by atoms with van der Waals surface area (Å²) in [5.74, 6) is 0. The number of aliphatic hydroxyl groups excluding tert-OH is 1. The summed E-state index contributed by atoms with van der Waals surface area (Å²) >= 11 is 0. The molecule has 15 heavy (non-hydrogen) atoms. The van der Waals surface area contributed by atoms with Crippen LogP contribution >= 0.6 is 12.4 Å². The SMILES string of the molecule is CCC[C@H](N)[C@H](O)c1ccccc1.Cl.[Ar]. The molecule has 0 saturated heterocycles. The number of halogens is 1. The van der Waals surface area contributed by atoms with Crippen molar-refractivity contribution in [1.29, 1.82) is 0 Å². The second kappa shape index (κ2) is 9.88. The molecular formula is C11H18ArClNO. The van der Waals surface area contributed by atoms with Crippen LogP contribution in [0.4, 0.5) is 0 Å². The van der Waals surface area contributed by atoms with Gasteiger partial charge in [-0.05, 0) is 12.0 Å². The fraction of sp³-hybridized carbons (Fsp3) is 0.455. The van der Waals surface area contributed by atoms with Gasteiger partial charge in [0.25, 0.3) is 0 Å². The van der Waals surface area contributed by atoms with Gasteiger partial charge < -0.3 is 10.8 Å². The Morgan fingerprint density at radius 3 is 2.27 bits per heavy atom. The van der Waals surface area contributed by atoms with Crippen LogP contribution in [0.5, 0.6) is 0 Å². The molecule has 0 radical (unpaired) electrons. The molecule has 3 N–H and O–H groups in total. The van der Waals surface area contributed by atoms with Crippen LogP contribution in [-0.4, -0.2) is 11.1 Å². The van der Waals surface area contributed by atoms with Gasteiger partial charge >= 0.3 is 0 Å². The second-order valence-electron chi connectivity index (χ2n) is 3.31. The summed E-state index contributed by atoms with van der Waals surface area (Å²) in [5, 5.41) is 9.80. The fourth-order valence-corrected chi connectivity index (χ4v) is 1.39. The number of rotatable bonds is 4. The van der Waals surface area contributed by atoms with Crippen LogP contribution < -0.4 is 5.73 Å². The average molecular weight is 256 g/mol. The van der Waals surface area contributed by atoms with Gasteiger partial charge in [-0.15, -0.1) is 12.4 Å². The number of nitrogens with two attached hydrogens (primary N) is 1. The Morgan fingerprint density at radius 1 is 1.27 bits per heavy atom. The molecule has 2 atom stereocenters. The third kappa shape index (κ3) is 6.10. The van der Waals surface area contributed by atoms with Crippen molar-refractivity contribution >= 4 is 12.4 Å². The van der Waals surface area contributed by atoms with E-state index in [1.165, 1.54) is 0 Å². The third-order valence-corrected chi connectivity index (χ3v) is 2.17. The predicted octanol–water partition coefficient (Wildman–Crippen LogP) is 2.27. The molecule has 0 aromatic heterocycles. The maximum atomic E-state index is 9.80. The molecule has 0 aliphatic rings. The van der Waals surface area contributed by atoms with E-state index >= 15 is 0 Å². The molecule has 0 spiro atoms. The van der Waals surface area contributed by atoms with Crippen molar-refractivity contribution in [3.63, 3.8) is 0 Å². The van der Waals surface area contributed by atoms with E-state index in [2.05, 4.69) is 6.92 Å². The summed E-state index contributed by atoms with van der Waals surface area (Å²) in [4.78, 5) is 0. The quantitative estimate of drug-likeness (QED) is 0.867. The van der Waals surface area contributed by atoms with Gasteiger partial charge in [-0.1, -0.05) is 43.7 Å². The Hall–Kier alpha value is 0.690. The minimum Gasteiger partial charge on any atom is -0.387 e. The zero-order valence-electron chi connectivity index (χ0n) is 8.74. The molecule has 0 amide bonds. The Kier molecular flexibility index (Phi) is 11.9. The van der Waals surface area contributed by atoms with Crippen molar-refractivity contribution in [3.8, 4) is 0 Å².